The van der Waals surface area contributed by atoms with Crippen LogP contribution in [0.2, 0.25) is 0 Å². The molecule has 0 saturated carbocycles. The standard InChI is InChI=1S/C10H17N3O4S2/c1-2-6-11-19(16,17)13-10-12-8(7-18-10)4-3-5-9(14)15/h7,11H,2-6H2,1H3,(H,12,13)(H,14,15). The van der Waals surface area contributed by atoms with Crippen LogP contribution in [0, 0.1) is 0 Å². The van der Waals surface area contributed by atoms with Crippen LogP contribution in [0.3, 0.4) is 0 Å². The molecule has 108 valence electrons. The van der Waals surface area contributed by atoms with Crippen molar-refractivity contribution in [1.29, 1.82) is 0 Å². The Hall–Kier alpha value is -1.19. The van der Waals surface area contributed by atoms with Gasteiger partial charge in [0, 0.05) is 18.3 Å². The predicted molar refractivity (Wildman–Crippen MR) is 73.5 cm³/mol. The molecular weight excluding hydrogens is 290 g/mol. The molecule has 7 nitrogen and oxygen atoms in total. The van der Waals surface area contributed by atoms with E-state index >= 15 is 0 Å². The van der Waals surface area contributed by atoms with E-state index in [0.29, 0.717) is 31.5 Å². The van der Waals surface area contributed by atoms with Crippen molar-refractivity contribution in [2.45, 2.75) is 32.6 Å². The van der Waals surface area contributed by atoms with Gasteiger partial charge in [0.15, 0.2) is 5.13 Å². The van der Waals surface area contributed by atoms with Gasteiger partial charge in [-0.2, -0.15) is 13.1 Å². The van der Waals surface area contributed by atoms with Crippen molar-refractivity contribution >= 4 is 32.6 Å². The van der Waals surface area contributed by atoms with Crippen molar-refractivity contribution in [2.24, 2.45) is 0 Å². The van der Waals surface area contributed by atoms with Crippen LogP contribution in [-0.4, -0.2) is 31.0 Å². The Bertz CT molecular complexity index is 513. The Morgan fingerprint density at radius 2 is 2.26 bits per heavy atom. The summed E-state index contributed by atoms with van der Waals surface area (Å²) in [6, 6.07) is 0. The Balaban J connectivity index is 2.48. The SMILES string of the molecule is CCCNS(=O)(=O)Nc1nc(CCCC(=O)O)cs1. The number of aryl methyl sites for hydroxylation is 1. The van der Waals surface area contributed by atoms with E-state index in [2.05, 4.69) is 14.4 Å². The fourth-order valence-corrected chi connectivity index (χ4v) is 3.21. The van der Waals surface area contributed by atoms with E-state index in [1.807, 2.05) is 6.92 Å². The van der Waals surface area contributed by atoms with Crippen LogP contribution < -0.4 is 9.44 Å². The highest BCUT2D eigenvalue weighted by molar-refractivity contribution is 7.91. The van der Waals surface area contributed by atoms with Crippen molar-refractivity contribution in [3.63, 3.8) is 0 Å². The summed E-state index contributed by atoms with van der Waals surface area (Å²) in [4.78, 5) is 14.5. The molecule has 0 unspecified atom stereocenters. The first-order valence-electron chi connectivity index (χ1n) is 5.86. The molecule has 0 atom stereocenters. The number of carbonyl (C=O) groups is 1. The van der Waals surface area contributed by atoms with E-state index in [1.165, 1.54) is 11.3 Å². The van der Waals surface area contributed by atoms with E-state index < -0.39 is 16.2 Å². The molecule has 1 heterocycles. The number of aromatic nitrogens is 1. The molecule has 19 heavy (non-hydrogen) atoms. The summed E-state index contributed by atoms with van der Waals surface area (Å²) >= 11 is 1.18. The first kappa shape index (κ1) is 15.9. The van der Waals surface area contributed by atoms with Crippen LogP contribution in [0.1, 0.15) is 31.9 Å². The monoisotopic (exact) mass is 307 g/mol. The van der Waals surface area contributed by atoms with E-state index in [0.717, 1.165) is 0 Å². The Labute approximate surface area is 116 Å². The van der Waals surface area contributed by atoms with E-state index in [9.17, 15) is 13.2 Å². The zero-order valence-electron chi connectivity index (χ0n) is 10.5. The van der Waals surface area contributed by atoms with Crippen LogP contribution in [-0.2, 0) is 21.4 Å². The van der Waals surface area contributed by atoms with Crippen LogP contribution >= 0.6 is 11.3 Å². The van der Waals surface area contributed by atoms with Crippen LogP contribution in [0.25, 0.3) is 0 Å². The Morgan fingerprint density at radius 3 is 2.89 bits per heavy atom. The lowest BCUT2D eigenvalue weighted by molar-refractivity contribution is -0.137. The summed E-state index contributed by atoms with van der Waals surface area (Å²) in [6.45, 7) is 2.23. The van der Waals surface area contributed by atoms with Gasteiger partial charge >= 0.3 is 16.2 Å². The van der Waals surface area contributed by atoms with Gasteiger partial charge in [0.25, 0.3) is 0 Å². The highest BCUT2D eigenvalue weighted by Crippen LogP contribution is 2.17. The Kier molecular flexibility index (Phi) is 6.19. The van der Waals surface area contributed by atoms with E-state index in [1.54, 1.807) is 5.38 Å². The van der Waals surface area contributed by atoms with Gasteiger partial charge in [0.05, 0.1) is 5.69 Å². The summed E-state index contributed by atoms with van der Waals surface area (Å²) in [5.74, 6) is -0.847. The van der Waals surface area contributed by atoms with Crippen LogP contribution in [0.5, 0.6) is 0 Å². The molecule has 0 aliphatic heterocycles. The second kappa shape index (κ2) is 7.41. The summed E-state index contributed by atoms with van der Waals surface area (Å²) < 4.78 is 27.8. The summed E-state index contributed by atoms with van der Waals surface area (Å²) in [6.07, 6.45) is 1.79. The van der Waals surface area contributed by atoms with Gasteiger partial charge < -0.3 is 5.11 Å². The molecule has 0 fully saturated rings. The third kappa shape index (κ3) is 6.50. The summed E-state index contributed by atoms with van der Waals surface area (Å²) in [5, 5.41) is 10.5. The van der Waals surface area contributed by atoms with Crippen molar-refractivity contribution in [3.8, 4) is 0 Å². The average Bonchev–Trinajstić information content (AvgIpc) is 2.73. The normalized spacial score (nSPS) is 11.4. The number of hydrogen-bond donors (Lipinski definition) is 3. The zero-order valence-corrected chi connectivity index (χ0v) is 12.2. The minimum atomic E-state index is -3.56. The maximum atomic E-state index is 11.5. The molecule has 1 aromatic rings. The van der Waals surface area contributed by atoms with Crippen molar-refractivity contribution in [1.82, 2.24) is 9.71 Å². The number of thiazole rings is 1. The second-order valence-corrected chi connectivity index (χ2v) is 6.25. The number of anilines is 1. The van der Waals surface area contributed by atoms with Gasteiger partial charge in [-0.1, -0.05) is 6.92 Å². The Morgan fingerprint density at radius 1 is 1.53 bits per heavy atom. The maximum absolute atomic E-state index is 11.5. The summed E-state index contributed by atoms with van der Waals surface area (Å²) in [7, 11) is -3.56. The lowest BCUT2D eigenvalue weighted by Gasteiger charge is -2.05. The lowest BCUT2D eigenvalue weighted by Crippen LogP contribution is -2.30. The molecular formula is C10H17N3O4S2. The topological polar surface area (TPSA) is 108 Å². The minimum Gasteiger partial charge on any atom is -0.481 e. The average molecular weight is 307 g/mol. The first-order chi connectivity index (χ1) is 8.93. The number of hydrogen-bond acceptors (Lipinski definition) is 5. The quantitative estimate of drug-likeness (QED) is 0.635. The van der Waals surface area contributed by atoms with Gasteiger partial charge in [-0.25, -0.2) is 9.71 Å². The van der Waals surface area contributed by atoms with Crippen molar-refractivity contribution in [2.75, 3.05) is 11.3 Å². The highest BCUT2D eigenvalue weighted by Gasteiger charge is 2.11. The molecule has 1 rings (SSSR count). The van der Waals surface area contributed by atoms with Gasteiger partial charge in [-0.3, -0.25) is 4.79 Å². The molecule has 0 aromatic carbocycles. The summed E-state index contributed by atoms with van der Waals surface area (Å²) in [5.41, 5.74) is 0.694. The predicted octanol–water partition coefficient (Wildman–Crippen LogP) is 1.21. The number of aliphatic carboxylic acids is 1. The zero-order chi connectivity index (χ0) is 14.3. The smallest absolute Gasteiger partial charge is 0.303 e. The number of nitrogens with zero attached hydrogens (tertiary/aromatic N) is 1. The fourth-order valence-electron chi connectivity index (χ4n) is 1.28. The highest BCUT2D eigenvalue weighted by atomic mass is 32.2. The van der Waals surface area contributed by atoms with Gasteiger partial charge in [-0.15, -0.1) is 11.3 Å². The lowest BCUT2D eigenvalue weighted by atomic mass is 10.2. The first-order valence-corrected chi connectivity index (χ1v) is 8.23. The third-order valence-electron chi connectivity index (χ3n) is 2.14. The largest absolute Gasteiger partial charge is 0.481 e. The molecule has 0 radical (unpaired) electrons. The van der Waals surface area contributed by atoms with E-state index in [4.69, 9.17) is 5.11 Å². The molecule has 3 N–H and O–H groups in total. The van der Waals surface area contributed by atoms with Crippen LogP contribution in [0.15, 0.2) is 5.38 Å². The third-order valence-corrected chi connectivity index (χ3v) is 4.12. The van der Waals surface area contributed by atoms with Gasteiger partial charge in [0.1, 0.15) is 0 Å². The van der Waals surface area contributed by atoms with Crippen molar-refractivity contribution < 1.29 is 18.3 Å². The molecule has 0 spiro atoms. The maximum Gasteiger partial charge on any atom is 0.303 e. The number of carboxylic acid groups (broad SMARTS) is 1. The minimum absolute atomic E-state index is 0.0800. The molecule has 0 aliphatic rings. The molecule has 0 bridgehead atoms. The number of carboxylic acids is 1. The van der Waals surface area contributed by atoms with Gasteiger partial charge in [-0.05, 0) is 19.3 Å². The second-order valence-electron chi connectivity index (χ2n) is 3.89. The molecule has 0 amide bonds. The number of rotatable bonds is 9. The molecule has 1 aromatic heterocycles. The number of nitrogens with one attached hydrogen (secondary N) is 2. The van der Waals surface area contributed by atoms with Crippen molar-refractivity contribution in [3.05, 3.63) is 11.1 Å². The fraction of sp³-hybridized carbons (Fsp3) is 0.600. The molecule has 0 saturated heterocycles. The van der Waals surface area contributed by atoms with Gasteiger partial charge in [0.2, 0.25) is 0 Å². The molecule has 0 aliphatic carbocycles. The van der Waals surface area contributed by atoms with E-state index in [-0.39, 0.29) is 11.6 Å². The molecule has 9 heteroatoms. The van der Waals surface area contributed by atoms with Crippen LogP contribution in [0.4, 0.5) is 5.13 Å².